The summed E-state index contributed by atoms with van der Waals surface area (Å²) in [5.41, 5.74) is -0.682. The Morgan fingerprint density at radius 2 is 2.00 bits per heavy atom. The fraction of sp³-hybridized carbons (Fsp3) is 0.700. The van der Waals surface area contributed by atoms with Crippen LogP contribution in [0.1, 0.15) is 27.7 Å². The summed E-state index contributed by atoms with van der Waals surface area (Å²) in [5.74, 6) is -0.796. The first-order chi connectivity index (χ1) is 7.30. The topological polar surface area (TPSA) is 88.4 Å². The van der Waals surface area contributed by atoms with Crippen LogP contribution in [0, 0.1) is 11.3 Å². The van der Waals surface area contributed by atoms with Crippen molar-refractivity contribution >= 4 is 12.1 Å². The quantitative estimate of drug-likeness (QED) is 0.727. The maximum absolute atomic E-state index is 11.2. The minimum absolute atomic E-state index is 0.146. The molecule has 0 aliphatic carbocycles. The molecule has 1 atom stereocenters. The number of alkyl carbamates (subject to hydrolysis) is 1. The molecule has 0 bridgehead atoms. The SMILES string of the molecule is CCOC(=O)[C@H](C#N)NC(=O)OC(C)(C)C. The summed E-state index contributed by atoms with van der Waals surface area (Å²) in [5, 5.41) is 10.8. The van der Waals surface area contributed by atoms with Crippen LogP contribution in [0.3, 0.4) is 0 Å². The van der Waals surface area contributed by atoms with E-state index >= 15 is 0 Å². The van der Waals surface area contributed by atoms with Crippen molar-refractivity contribution in [1.29, 1.82) is 5.26 Å². The molecule has 0 spiro atoms. The second kappa shape index (κ2) is 5.95. The number of hydrogen-bond donors (Lipinski definition) is 1. The van der Waals surface area contributed by atoms with Crippen LogP contribution in [0.15, 0.2) is 0 Å². The van der Waals surface area contributed by atoms with Gasteiger partial charge >= 0.3 is 12.1 Å². The van der Waals surface area contributed by atoms with Gasteiger partial charge in [0.1, 0.15) is 5.60 Å². The molecular formula is C10H16N2O4. The van der Waals surface area contributed by atoms with E-state index in [0.717, 1.165) is 0 Å². The molecule has 0 aliphatic rings. The van der Waals surface area contributed by atoms with Crippen LogP contribution in [0.4, 0.5) is 4.79 Å². The molecule has 0 rings (SSSR count). The Bertz CT molecular complexity index is 301. The van der Waals surface area contributed by atoms with Crippen molar-refractivity contribution < 1.29 is 19.1 Å². The van der Waals surface area contributed by atoms with Gasteiger partial charge in [0.2, 0.25) is 6.04 Å². The van der Waals surface area contributed by atoms with E-state index in [1.165, 1.54) is 0 Å². The Labute approximate surface area is 94.5 Å². The zero-order chi connectivity index (χ0) is 12.8. The van der Waals surface area contributed by atoms with Crippen molar-refractivity contribution in [3.63, 3.8) is 0 Å². The fourth-order valence-electron chi connectivity index (χ4n) is 0.795. The van der Waals surface area contributed by atoms with E-state index in [1.807, 2.05) is 0 Å². The number of nitrogens with zero attached hydrogens (tertiary/aromatic N) is 1. The van der Waals surface area contributed by atoms with Gasteiger partial charge in [-0.3, -0.25) is 5.32 Å². The molecule has 0 radical (unpaired) electrons. The molecule has 0 heterocycles. The van der Waals surface area contributed by atoms with Crippen LogP contribution < -0.4 is 5.32 Å². The predicted molar refractivity (Wildman–Crippen MR) is 55.4 cm³/mol. The van der Waals surface area contributed by atoms with Gasteiger partial charge in [-0.1, -0.05) is 0 Å². The third kappa shape index (κ3) is 5.86. The first-order valence-electron chi connectivity index (χ1n) is 4.86. The van der Waals surface area contributed by atoms with E-state index < -0.39 is 23.7 Å². The van der Waals surface area contributed by atoms with Crippen molar-refractivity contribution in [2.75, 3.05) is 6.61 Å². The number of carbonyl (C=O) groups excluding carboxylic acids is 2. The standard InChI is InChI=1S/C10H16N2O4/c1-5-15-8(13)7(6-11)12-9(14)16-10(2,3)4/h7H,5H2,1-4H3,(H,12,14)/t7-/m0/s1. The summed E-state index contributed by atoms with van der Waals surface area (Å²) in [7, 11) is 0. The highest BCUT2D eigenvalue weighted by atomic mass is 16.6. The van der Waals surface area contributed by atoms with E-state index in [2.05, 4.69) is 10.1 Å². The van der Waals surface area contributed by atoms with Crippen molar-refractivity contribution in [3.8, 4) is 6.07 Å². The molecule has 16 heavy (non-hydrogen) atoms. The van der Waals surface area contributed by atoms with Crippen LogP contribution in [-0.4, -0.2) is 30.3 Å². The summed E-state index contributed by atoms with van der Waals surface area (Å²) < 4.78 is 9.48. The fourth-order valence-corrected chi connectivity index (χ4v) is 0.795. The summed E-state index contributed by atoms with van der Waals surface area (Å²) in [6.07, 6.45) is -0.827. The summed E-state index contributed by atoms with van der Waals surface area (Å²) in [6.45, 7) is 6.79. The Hall–Kier alpha value is -1.77. The molecule has 90 valence electrons. The van der Waals surface area contributed by atoms with Gasteiger partial charge in [-0.05, 0) is 27.7 Å². The van der Waals surface area contributed by atoms with Gasteiger partial charge in [0, 0.05) is 0 Å². The number of rotatable bonds is 3. The molecule has 1 amide bonds. The minimum Gasteiger partial charge on any atom is -0.464 e. The molecule has 0 aromatic carbocycles. The Balaban J connectivity index is 4.30. The highest BCUT2D eigenvalue weighted by Crippen LogP contribution is 2.06. The zero-order valence-corrected chi connectivity index (χ0v) is 9.86. The summed E-state index contributed by atoms with van der Waals surface area (Å²) in [6, 6.07) is 0.279. The zero-order valence-electron chi connectivity index (χ0n) is 9.86. The Kier molecular flexibility index (Phi) is 5.30. The van der Waals surface area contributed by atoms with Gasteiger partial charge in [0.05, 0.1) is 12.7 Å². The second-order valence-corrected chi connectivity index (χ2v) is 3.96. The maximum atomic E-state index is 11.2. The van der Waals surface area contributed by atoms with E-state index in [1.54, 1.807) is 33.8 Å². The number of carbonyl (C=O) groups is 2. The molecule has 6 heteroatoms. The van der Waals surface area contributed by atoms with Crippen LogP contribution in [0.25, 0.3) is 0 Å². The van der Waals surface area contributed by atoms with Crippen LogP contribution in [0.2, 0.25) is 0 Å². The molecular weight excluding hydrogens is 212 g/mol. The molecule has 0 unspecified atom stereocenters. The summed E-state index contributed by atoms with van der Waals surface area (Å²) in [4.78, 5) is 22.4. The van der Waals surface area contributed by atoms with Crippen molar-refractivity contribution in [2.45, 2.75) is 39.3 Å². The summed E-state index contributed by atoms with van der Waals surface area (Å²) >= 11 is 0. The average molecular weight is 228 g/mol. The highest BCUT2D eigenvalue weighted by molar-refractivity contribution is 5.84. The normalized spacial score (nSPS) is 12.2. The van der Waals surface area contributed by atoms with E-state index in [0.29, 0.717) is 0 Å². The lowest BCUT2D eigenvalue weighted by Gasteiger charge is -2.20. The first kappa shape index (κ1) is 14.2. The van der Waals surface area contributed by atoms with Crippen LogP contribution in [0.5, 0.6) is 0 Å². The number of amides is 1. The van der Waals surface area contributed by atoms with Gasteiger partial charge in [-0.2, -0.15) is 5.26 Å². The number of nitrogens with one attached hydrogen (secondary N) is 1. The third-order valence-electron chi connectivity index (χ3n) is 1.31. The number of ether oxygens (including phenoxy) is 2. The van der Waals surface area contributed by atoms with Gasteiger partial charge in [0.25, 0.3) is 0 Å². The third-order valence-corrected chi connectivity index (χ3v) is 1.31. The number of esters is 1. The molecule has 1 N–H and O–H groups in total. The largest absolute Gasteiger partial charge is 0.464 e. The van der Waals surface area contributed by atoms with Crippen LogP contribution >= 0.6 is 0 Å². The lowest BCUT2D eigenvalue weighted by molar-refractivity contribution is -0.144. The molecule has 0 aromatic rings. The molecule has 0 saturated carbocycles. The van der Waals surface area contributed by atoms with Gasteiger partial charge in [-0.25, -0.2) is 9.59 Å². The predicted octanol–water partition coefficient (Wildman–Crippen LogP) is 0.966. The smallest absolute Gasteiger partial charge is 0.409 e. The molecule has 0 fully saturated rings. The minimum atomic E-state index is -1.34. The Morgan fingerprint density at radius 1 is 1.44 bits per heavy atom. The number of hydrogen-bond acceptors (Lipinski definition) is 5. The highest BCUT2D eigenvalue weighted by Gasteiger charge is 2.24. The molecule has 0 saturated heterocycles. The molecule has 0 aliphatic heterocycles. The van der Waals surface area contributed by atoms with E-state index in [9.17, 15) is 9.59 Å². The second-order valence-electron chi connectivity index (χ2n) is 3.96. The monoisotopic (exact) mass is 228 g/mol. The average Bonchev–Trinajstić information content (AvgIpc) is 2.11. The van der Waals surface area contributed by atoms with Crippen LogP contribution in [-0.2, 0) is 14.3 Å². The lowest BCUT2D eigenvalue weighted by atomic mass is 10.2. The molecule has 6 nitrogen and oxygen atoms in total. The van der Waals surface area contributed by atoms with Gasteiger partial charge in [-0.15, -0.1) is 0 Å². The van der Waals surface area contributed by atoms with Gasteiger partial charge < -0.3 is 9.47 Å². The maximum Gasteiger partial charge on any atom is 0.409 e. The first-order valence-corrected chi connectivity index (χ1v) is 4.86. The Morgan fingerprint density at radius 3 is 2.38 bits per heavy atom. The molecule has 0 aromatic heterocycles. The lowest BCUT2D eigenvalue weighted by Crippen LogP contribution is -2.43. The van der Waals surface area contributed by atoms with Gasteiger partial charge in [0.15, 0.2) is 0 Å². The van der Waals surface area contributed by atoms with Crippen molar-refractivity contribution in [3.05, 3.63) is 0 Å². The van der Waals surface area contributed by atoms with Crippen molar-refractivity contribution in [2.24, 2.45) is 0 Å². The van der Waals surface area contributed by atoms with E-state index in [4.69, 9.17) is 10.00 Å². The number of nitriles is 1. The van der Waals surface area contributed by atoms with Crippen molar-refractivity contribution in [1.82, 2.24) is 5.32 Å². The van der Waals surface area contributed by atoms with E-state index in [-0.39, 0.29) is 6.61 Å².